The SMILES string of the molecule is O=C(COc1ccc(F)cc1)NCC1CCN(S(=O)(=O)c2cccnc2)CC1. The number of benzene rings is 1. The molecule has 28 heavy (non-hydrogen) atoms. The number of ether oxygens (including phenoxy) is 1. The van der Waals surface area contributed by atoms with Crippen molar-refractivity contribution >= 4 is 15.9 Å². The molecule has 1 saturated heterocycles. The molecule has 1 aromatic heterocycles. The Bertz CT molecular complexity index is 883. The molecule has 1 aromatic carbocycles. The summed E-state index contributed by atoms with van der Waals surface area (Å²) in [6, 6.07) is 8.59. The molecule has 0 spiro atoms. The van der Waals surface area contributed by atoms with Crippen LogP contribution in [0.4, 0.5) is 4.39 Å². The predicted octanol–water partition coefficient (Wildman–Crippen LogP) is 1.82. The van der Waals surface area contributed by atoms with Gasteiger partial charge in [0.05, 0.1) is 0 Å². The molecule has 0 bridgehead atoms. The first kappa shape index (κ1) is 20.2. The third-order valence-corrected chi connectivity index (χ3v) is 6.50. The van der Waals surface area contributed by atoms with Crippen molar-refractivity contribution in [2.24, 2.45) is 5.92 Å². The lowest BCUT2D eigenvalue weighted by atomic mass is 9.98. The molecule has 0 saturated carbocycles. The lowest BCUT2D eigenvalue weighted by Crippen LogP contribution is -2.42. The Hall–Kier alpha value is -2.52. The van der Waals surface area contributed by atoms with Crippen molar-refractivity contribution in [3.63, 3.8) is 0 Å². The summed E-state index contributed by atoms with van der Waals surface area (Å²) in [5.41, 5.74) is 0. The molecule has 1 N–H and O–H groups in total. The molecule has 0 atom stereocenters. The molecule has 2 heterocycles. The minimum atomic E-state index is -3.52. The molecule has 1 aliphatic rings. The van der Waals surface area contributed by atoms with Gasteiger partial charge in [0.15, 0.2) is 6.61 Å². The lowest BCUT2D eigenvalue weighted by Gasteiger charge is -2.31. The quantitative estimate of drug-likeness (QED) is 0.756. The van der Waals surface area contributed by atoms with E-state index in [2.05, 4.69) is 10.3 Å². The van der Waals surface area contributed by atoms with E-state index in [0.717, 1.165) is 0 Å². The maximum atomic E-state index is 12.8. The average Bonchev–Trinajstić information content (AvgIpc) is 2.73. The fourth-order valence-corrected chi connectivity index (χ4v) is 4.43. The molecular formula is C19H22FN3O4S. The average molecular weight is 407 g/mol. The summed E-state index contributed by atoms with van der Waals surface area (Å²) in [5.74, 6) is -0.0102. The van der Waals surface area contributed by atoms with Gasteiger partial charge in [-0.3, -0.25) is 9.78 Å². The van der Waals surface area contributed by atoms with Crippen LogP contribution in [0.2, 0.25) is 0 Å². The van der Waals surface area contributed by atoms with Crippen LogP contribution in [0.1, 0.15) is 12.8 Å². The molecule has 150 valence electrons. The Morgan fingerprint density at radius 2 is 1.93 bits per heavy atom. The Morgan fingerprint density at radius 3 is 2.57 bits per heavy atom. The number of aromatic nitrogens is 1. The van der Waals surface area contributed by atoms with Gasteiger partial charge in [-0.15, -0.1) is 0 Å². The van der Waals surface area contributed by atoms with E-state index >= 15 is 0 Å². The number of rotatable bonds is 7. The van der Waals surface area contributed by atoms with Crippen LogP contribution in [0.5, 0.6) is 5.75 Å². The van der Waals surface area contributed by atoms with Crippen molar-refractivity contribution in [1.29, 1.82) is 0 Å². The number of sulfonamides is 1. The number of piperidine rings is 1. The van der Waals surface area contributed by atoms with Gasteiger partial charge < -0.3 is 10.1 Å². The molecule has 0 aliphatic carbocycles. The maximum Gasteiger partial charge on any atom is 0.257 e. The van der Waals surface area contributed by atoms with Crippen molar-refractivity contribution < 1.29 is 22.3 Å². The highest BCUT2D eigenvalue weighted by Crippen LogP contribution is 2.23. The van der Waals surface area contributed by atoms with E-state index in [1.54, 1.807) is 6.07 Å². The highest BCUT2D eigenvalue weighted by atomic mass is 32.2. The summed E-state index contributed by atoms with van der Waals surface area (Å²) in [6.45, 7) is 1.12. The van der Waals surface area contributed by atoms with E-state index in [-0.39, 0.29) is 29.1 Å². The molecule has 1 fully saturated rings. The number of nitrogens with one attached hydrogen (secondary N) is 1. The van der Waals surface area contributed by atoms with Gasteiger partial charge in [-0.1, -0.05) is 0 Å². The van der Waals surface area contributed by atoms with Crippen molar-refractivity contribution in [2.45, 2.75) is 17.7 Å². The zero-order chi connectivity index (χ0) is 20.0. The normalized spacial score (nSPS) is 15.9. The van der Waals surface area contributed by atoms with Gasteiger partial charge in [0.25, 0.3) is 5.91 Å². The number of halogens is 1. The lowest BCUT2D eigenvalue weighted by molar-refractivity contribution is -0.123. The van der Waals surface area contributed by atoms with Gasteiger partial charge in [0.2, 0.25) is 10.0 Å². The minimum Gasteiger partial charge on any atom is -0.484 e. The van der Waals surface area contributed by atoms with E-state index in [1.165, 1.54) is 47.0 Å². The van der Waals surface area contributed by atoms with Crippen LogP contribution >= 0.6 is 0 Å². The van der Waals surface area contributed by atoms with E-state index < -0.39 is 10.0 Å². The van der Waals surface area contributed by atoms with Crippen LogP contribution in [0, 0.1) is 11.7 Å². The van der Waals surface area contributed by atoms with E-state index in [1.807, 2.05) is 0 Å². The molecule has 1 amide bonds. The summed E-state index contributed by atoms with van der Waals surface area (Å²) in [6.07, 6.45) is 4.22. The maximum absolute atomic E-state index is 12.8. The van der Waals surface area contributed by atoms with Crippen molar-refractivity contribution in [2.75, 3.05) is 26.2 Å². The number of carbonyl (C=O) groups is 1. The van der Waals surface area contributed by atoms with Gasteiger partial charge in [-0.2, -0.15) is 4.31 Å². The summed E-state index contributed by atoms with van der Waals surface area (Å²) >= 11 is 0. The number of hydrogen-bond acceptors (Lipinski definition) is 5. The monoisotopic (exact) mass is 407 g/mol. The van der Waals surface area contributed by atoms with E-state index in [9.17, 15) is 17.6 Å². The van der Waals surface area contributed by atoms with Crippen molar-refractivity contribution in [1.82, 2.24) is 14.6 Å². The van der Waals surface area contributed by atoms with Gasteiger partial charge in [-0.25, -0.2) is 12.8 Å². The number of hydrogen-bond donors (Lipinski definition) is 1. The van der Waals surface area contributed by atoms with Crippen LogP contribution in [-0.4, -0.2) is 49.9 Å². The predicted molar refractivity (Wildman–Crippen MR) is 101 cm³/mol. The minimum absolute atomic E-state index is 0.153. The highest BCUT2D eigenvalue weighted by Gasteiger charge is 2.29. The van der Waals surface area contributed by atoms with Crippen LogP contribution in [0.25, 0.3) is 0 Å². The van der Waals surface area contributed by atoms with E-state index in [0.29, 0.717) is 38.2 Å². The molecular weight excluding hydrogens is 385 g/mol. The molecule has 0 radical (unpaired) electrons. The van der Waals surface area contributed by atoms with Crippen LogP contribution in [0.3, 0.4) is 0 Å². The molecule has 0 unspecified atom stereocenters. The summed E-state index contributed by atoms with van der Waals surface area (Å²) in [4.78, 5) is 16.0. The number of carbonyl (C=O) groups excluding carboxylic acids is 1. The summed E-state index contributed by atoms with van der Waals surface area (Å²) < 4.78 is 44.7. The summed E-state index contributed by atoms with van der Waals surface area (Å²) in [5, 5.41) is 2.80. The molecule has 7 nitrogen and oxygen atoms in total. The fraction of sp³-hybridized carbons (Fsp3) is 0.368. The first-order valence-corrected chi connectivity index (χ1v) is 10.4. The second kappa shape index (κ2) is 9.11. The number of amides is 1. The Kier molecular flexibility index (Phi) is 6.58. The standard InChI is InChI=1S/C19H22FN3O4S/c20-16-3-5-17(6-4-16)27-14-19(24)22-12-15-7-10-23(11-8-15)28(25,26)18-2-1-9-21-13-18/h1-6,9,13,15H,7-8,10-12,14H2,(H,22,24). The zero-order valence-electron chi connectivity index (χ0n) is 15.3. The molecule has 9 heteroatoms. The Labute approximate surface area is 163 Å². The number of nitrogens with zero attached hydrogens (tertiary/aromatic N) is 2. The topological polar surface area (TPSA) is 88.6 Å². The van der Waals surface area contributed by atoms with Gasteiger partial charge >= 0.3 is 0 Å². The van der Waals surface area contributed by atoms with Crippen molar-refractivity contribution in [3.05, 3.63) is 54.6 Å². The zero-order valence-corrected chi connectivity index (χ0v) is 16.1. The van der Waals surface area contributed by atoms with Gasteiger partial charge in [-0.05, 0) is 55.2 Å². The fourth-order valence-electron chi connectivity index (χ4n) is 2.99. The molecule has 1 aliphatic heterocycles. The van der Waals surface area contributed by atoms with Crippen molar-refractivity contribution in [3.8, 4) is 5.75 Å². The number of pyridine rings is 1. The van der Waals surface area contributed by atoms with Gasteiger partial charge in [0.1, 0.15) is 16.5 Å². The van der Waals surface area contributed by atoms with E-state index in [4.69, 9.17) is 4.74 Å². The highest BCUT2D eigenvalue weighted by molar-refractivity contribution is 7.89. The first-order chi connectivity index (χ1) is 13.4. The third-order valence-electron chi connectivity index (χ3n) is 4.62. The Balaban J connectivity index is 1.40. The largest absolute Gasteiger partial charge is 0.484 e. The van der Waals surface area contributed by atoms with Gasteiger partial charge in [0, 0.05) is 32.0 Å². The second-order valence-corrected chi connectivity index (χ2v) is 8.52. The second-order valence-electron chi connectivity index (χ2n) is 6.58. The first-order valence-electron chi connectivity index (χ1n) is 9.00. The van der Waals surface area contributed by atoms with Crippen LogP contribution < -0.4 is 10.1 Å². The van der Waals surface area contributed by atoms with Crippen LogP contribution in [-0.2, 0) is 14.8 Å². The summed E-state index contributed by atoms with van der Waals surface area (Å²) in [7, 11) is -3.52. The smallest absolute Gasteiger partial charge is 0.257 e. The van der Waals surface area contributed by atoms with Crippen LogP contribution in [0.15, 0.2) is 53.7 Å². The molecule has 3 rings (SSSR count). The Morgan fingerprint density at radius 1 is 1.21 bits per heavy atom. The molecule has 2 aromatic rings. The third kappa shape index (κ3) is 5.26.